The number of nitrogens with one attached hydrogen (secondary N) is 3. The summed E-state index contributed by atoms with van der Waals surface area (Å²) in [5, 5.41) is 13.5. The van der Waals surface area contributed by atoms with Crippen molar-refractivity contribution in [3.63, 3.8) is 0 Å². The molecule has 4 N–H and O–H groups in total. The molecule has 3 rings (SSSR count). The first kappa shape index (κ1) is 16.9. The number of para-hydroxylation sites is 1. The minimum atomic E-state index is -0.395. The molecule has 2 atom stereocenters. The smallest absolute Gasteiger partial charge is 0.258 e. The molecule has 2 unspecified atom stereocenters. The number of hydrogen-bond donors (Lipinski definition) is 4. The molecule has 7 heteroatoms. The average Bonchev–Trinajstić information content (AvgIpc) is 3.13. The summed E-state index contributed by atoms with van der Waals surface area (Å²) in [6, 6.07) is 14.1. The number of hydrazone groups is 1. The van der Waals surface area contributed by atoms with E-state index >= 15 is 0 Å². The van der Waals surface area contributed by atoms with Crippen LogP contribution in [-0.2, 0) is 4.79 Å². The molecule has 0 spiro atoms. The number of phenolic OH excluding ortho intramolecular Hbond substituents is 1. The summed E-state index contributed by atoms with van der Waals surface area (Å²) in [5.41, 5.74) is 10.2. The Morgan fingerprint density at radius 1 is 1.24 bits per heavy atom. The molecule has 1 fully saturated rings. The second-order valence-electron chi connectivity index (χ2n) is 5.70. The van der Waals surface area contributed by atoms with Crippen LogP contribution in [0, 0.1) is 0 Å². The molecule has 1 aliphatic heterocycles. The third kappa shape index (κ3) is 4.14. The van der Waals surface area contributed by atoms with E-state index in [1.165, 1.54) is 6.21 Å². The molecule has 130 valence electrons. The van der Waals surface area contributed by atoms with Crippen LogP contribution in [0.1, 0.15) is 23.6 Å². The zero-order valence-electron chi connectivity index (χ0n) is 13.8. The second kappa shape index (κ2) is 7.78. The van der Waals surface area contributed by atoms with Gasteiger partial charge in [-0.15, -0.1) is 0 Å². The zero-order chi connectivity index (χ0) is 17.6. The fourth-order valence-electron chi connectivity index (χ4n) is 2.62. The van der Waals surface area contributed by atoms with Crippen LogP contribution in [0.4, 0.5) is 0 Å². The number of methoxy groups -OCH3 is 1. The Kier molecular flexibility index (Phi) is 5.27. The number of hydrazine groups is 1. The fraction of sp³-hybridized carbons (Fsp3) is 0.222. The van der Waals surface area contributed by atoms with E-state index in [1.54, 1.807) is 31.4 Å². The van der Waals surface area contributed by atoms with E-state index in [2.05, 4.69) is 21.4 Å². The monoisotopic (exact) mass is 340 g/mol. The number of carbonyl (C=O) groups is 1. The van der Waals surface area contributed by atoms with Gasteiger partial charge in [-0.05, 0) is 36.2 Å². The lowest BCUT2D eigenvalue weighted by molar-refractivity contribution is -0.122. The molecule has 2 aromatic carbocycles. The van der Waals surface area contributed by atoms with E-state index in [0.29, 0.717) is 12.0 Å². The number of benzene rings is 2. The van der Waals surface area contributed by atoms with Crippen molar-refractivity contribution in [1.29, 1.82) is 0 Å². The zero-order valence-corrected chi connectivity index (χ0v) is 13.8. The van der Waals surface area contributed by atoms with Crippen molar-refractivity contribution >= 4 is 12.1 Å². The van der Waals surface area contributed by atoms with Gasteiger partial charge in [0.1, 0.15) is 17.5 Å². The van der Waals surface area contributed by atoms with E-state index in [9.17, 15) is 9.90 Å². The molecule has 1 aliphatic rings. The van der Waals surface area contributed by atoms with Gasteiger partial charge in [-0.2, -0.15) is 5.10 Å². The molecule has 1 saturated heterocycles. The van der Waals surface area contributed by atoms with Crippen LogP contribution in [-0.4, -0.2) is 30.4 Å². The lowest BCUT2D eigenvalue weighted by atomic mass is 10.0. The van der Waals surface area contributed by atoms with E-state index in [1.807, 2.05) is 24.3 Å². The molecule has 0 saturated carbocycles. The van der Waals surface area contributed by atoms with Crippen LogP contribution in [0.25, 0.3) is 0 Å². The van der Waals surface area contributed by atoms with Gasteiger partial charge in [-0.3, -0.25) is 4.79 Å². The van der Waals surface area contributed by atoms with E-state index in [0.717, 1.165) is 11.3 Å². The van der Waals surface area contributed by atoms with Gasteiger partial charge in [-0.25, -0.2) is 16.3 Å². The number of nitrogens with zero attached hydrogens (tertiary/aromatic N) is 1. The molecular formula is C18H20N4O3. The minimum Gasteiger partial charge on any atom is -0.507 e. The highest BCUT2D eigenvalue weighted by Crippen LogP contribution is 2.24. The third-order valence-electron chi connectivity index (χ3n) is 4.05. The maximum absolute atomic E-state index is 12.2. The maximum atomic E-state index is 12.2. The highest BCUT2D eigenvalue weighted by molar-refractivity contribution is 5.86. The van der Waals surface area contributed by atoms with E-state index in [4.69, 9.17) is 4.74 Å². The van der Waals surface area contributed by atoms with Crippen LogP contribution in [0.5, 0.6) is 11.5 Å². The van der Waals surface area contributed by atoms with Gasteiger partial charge in [0, 0.05) is 11.6 Å². The van der Waals surface area contributed by atoms with Crippen molar-refractivity contribution in [3.8, 4) is 11.5 Å². The molecule has 2 aromatic rings. The van der Waals surface area contributed by atoms with Crippen molar-refractivity contribution in [2.24, 2.45) is 5.10 Å². The highest BCUT2D eigenvalue weighted by atomic mass is 16.5. The summed E-state index contributed by atoms with van der Waals surface area (Å²) >= 11 is 0. The summed E-state index contributed by atoms with van der Waals surface area (Å²) in [4.78, 5) is 12.2. The number of hydrogen-bond acceptors (Lipinski definition) is 6. The van der Waals surface area contributed by atoms with Crippen molar-refractivity contribution in [2.75, 3.05) is 7.11 Å². The van der Waals surface area contributed by atoms with Crippen LogP contribution in [0.15, 0.2) is 53.6 Å². The van der Waals surface area contributed by atoms with E-state index in [-0.39, 0.29) is 17.7 Å². The second-order valence-corrected chi connectivity index (χ2v) is 5.70. The predicted molar refractivity (Wildman–Crippen MR) is 94.3 cm³/mol. The predicted octanol–water partition coefficient (Wildman–Crippen LogP) is 1.46. The van der Waals surface area contributed by atoms with Crippen molar-refractivity contribution in [3.05, 3.63) is 59.7 Å². The first-order valence-electron chi connectivity index (χ1n) is 7.93. The SMILES string of the molecule is COc1ccc(C2CC(C(=O)N/N=C/c3ccccc3O)NN2)cc1. The number of ether oxygens (including phenoxy) is 1. The average molecular weight is 340 g/mol. The van der Waals surface area contributed by atoms with Gasteiger partial charge in [0.05, 0.1) is 13.3 Å². The fourth-order valence-corrected chi connectivity index (χ4v) is 2.62. The number of rotatable bonds is 5. The van der Waals surface area contributed by atoms with Crippen LogP contribution < -0.4 is 21.0 Å². The van der Waals surface area contributed by atoms with Crippen LogP contribution in [0.2, 0.25) is 0 Å². The summed E-state index contributed by atoms with van der Waals surface area (Å²) in [7, 11) is 1.63. The van der Waals surface area contributed by atoms with Crippen LogP contribution >= 0.6 is 0 Å². The molecule has 7 nitrogen and oxygen atoms in total. The first-order chi connectivity index (χ1) is 12.2. The Morgan fingerprint density at radius 3 is 2.72 bits per heavy atom. The minimum absolute atomic E-state index is 0.0313. The first-order valence-corrected chi connectivity index (χ1v) is 7.93. The van der Waals surface area contributed by atoms with Gasteiger partial charge < -0.3 is 9.84 Å². The molecule has 1 heterocycles. The van der Waals surface area contributed by atoms with Crippen molar-refractivity contribution < 1.29 is 14.6 Å². The lowest BCUT2D eigenvalue weighted by Gasteiger charge is -2.10. The quantitative estimate of drug-likeness (QED) is 0.488. The molecule has 0 radical (unpaired) electrons. The van der Waals surface area contributed by atoms with Gasteiger partial charge >= 0.3 is 0 Å². The van der Waals surface area contributed by atoms with Crippen molar-refractivity contribution in [2.45, 2.75) is 18.5 Å². The molecule has 0 bridgehead atoms. The highest BCUT2D eigenvalue weighted by Gasteiger charge is 2.29. The van der Waals surface area contributed by atoms with Gasteiger partial charge in [0.2, 0.25) is 0 Å². The summed E-state index contributed by atoms with van der Waals surface area (Å²) in [5.74, 6) is 0.665. The molecule has 25 heavy (non-hydrogen) atoms. The van der Waals surface area contributed by atoms with Crippen LogP contribution in [0.3, 0.4) is 0 Å². The third-order valence-corrected chi connectivity index (χ3v) is 4.05. The summed E-state index contributed by atoms with van der Waals surface area (Å²) in [6.07, 6.45) is 2.01. The molecule has 1 amide bonds. The lowest BCUT2D eigenvalue weighted by Crippen LogP contribution is -2.41. The Labute approximate surface area is 145 Å². The standard InChI is InChI=1S/C18H20N4O3/c1-25-14-8-6-12(7-9-14)15-10-16(21-20-15)18(24)22-19-11-13-4-2-3-5-17(13)23/h2-9,11,15-16,20-21,23H,10H2,1H3,(H,22,24)/b19-11+. The Bertz CT molecular complexity index is 761. The molecule has 0 aliphatic carbocycles. The Balaban J connectivity index is 1.54. The maximum Gasteiger partial charge on any atom is 0.258 e. The summed E-state index contributed by atoms with van der Waals surface area (Å²) < 4.78 is 5.15. The molecular weight excluding hydrogens is 320 g/mol. The van der Waals surface area contributed by atoms with Gasteiger partial charge in [0.25, 0.3) is 5.91 Å². The van der Waals surface area contributed by atoms with E-state index < -0.39 is 6.04 Å². The number of carbonyl (C=O) groups excluding carboxylic acids is 1. The number of amides is 1. The number of phenols is 1. The summed E-state index contributed by atoms with van der Waals surface area (Å²) in [6.45, 7) is 0. The van der Waals surface area contributed by atoms with Gasteiger partial charge in [-0.1, -0.05) is 24.3 Å². The molecule has 0 aromatic heterocycles. The van der Waals surface area contributed by atoms with Crippen molar-refractivity contribution in [1.82, 2.24) is 16.3 Å². The topological polar surface area (TPSA) is 95.0 Å². The number of aromatic hydroxyl groups is 1. The normalized spacial score (nSPS) is 19.9. The largest absolute Gasteiger partial charge is 0.507 e. The Hall–Kier alpha value is -2.90. The Morgan fingerprint density at radius 2 is 2.00 bits per heavy atom. The van der Waals surface area contributed by atoms with Gasteiger partial charge in [0.15, 0.2) is 0 Å².